The summed E-state index contributed by atoms with van der Waals surface area (Å²) < 4.78 is 2.36. The van der Waals surface area contributed by atoms with Crippen molar-refractivity contribution >= 4 is 32.7 Å². The van der Waals surface area contributed by atoms with E-state index in [0.29, 0.717) is 0 Å². The van der Waals surface area contributed by atoms with Gasteiger partial charge >= 0.3 is 0 Å². The number of rotatable bonds is 4. The van der Waals surface area contributed by atoms with Gasteiger partial charge in [0.05, 0.1) is 17.2 Å². The van der Waals surface area contributed by atoms with Gasteiger partial charge in [-0.15, -0.1) is 0 Å². The van der Waals surface area contributed by atoms with Crippen LogP contribution in [0, 0.1) is 0 Å². The highest BCUT2D eigenvalue weighted by Crippen LogP contribution is 2.53. The van der Waals surface area contributed by atoms with Gasteiger partial charge in [-0.25, -0.2) is 9.97 Å². The summed E-state index contributed by atoms with van der Waals surface area (Å²) in [7, 11) is 0. The molecule has 3 nitrogen and oxygen atoms in total. The van der Waals surface area contributed by atoms with E-state index in [9.17, 15) is 0 Å². The van der Waals surface area contributed by atoms with Crippen molar-refractivity contribution in [3.05, 3.63) is 175 Å². The van der Waals surface area contributed by atoms with Crippen LogP contribution in [0.3, 0.4) is 0 Å². The highest BCUT2D eigenvalue weighted by molar-refractivity contribution is 6.13. The van der Waals surface area contributed by atoms with Gasteiger partial charge in [0.2, 0.25) is 0 Å². The van der Waals surface area contributed by atoms with Gasteiger partial charge in [0.15, 0.2) is 5.82 Å². The Morgan fingerprint density at radius 3 is 1.90 bits per heavy atom. The zero-order valence-corrected chi connectivity index (χ0v) is 27.9. The van der Waals surface area contributed by atoms with Crippen molar-refractivity contribution in [1.29, 1.82) is 0 Å². The molecule has 1 aliphatic rings. The van der Waals surface area contributed by atoms with Crippen LogP contribution in [0.2, 0.25) is 0 Å². The summed E-state index contributed by atoms with van der Waals surface area (Å²) in [6, 6.07) is 56.6. The highest BCUT2D eigenvalue weighted by atomic mass is 15.0. The fraction of sp³-hybridized carbons (Fsp3) is 0.0638. The molecular weight excluding hydrogens is 607 g/mol. The second kappa shape index (κ2) is 10.8. The number of hydrogen-bond donors (Lipinski definition) is 0. The fourth-order valence-electron chi connectivity index (χ4n) is 8.18. The van der Waals surface area contributed by atoms with E-state index in [1.165, 1.54) is 60.7 Å². The van der Waals surface area contributed by atoms with Crippen LogP contribution in [-0.4, -0.2) is 14.5 Å². The largest absolute Gasteiger partial charge is 0.306 e. The summed E-state index contributed by atoms with van der Waals surface area (Å²) in [6.45, 7) is 4.70. The Morgan fingerprint density at radius 1 is 0.500 bits per heavy atom. The molecule has 10 rings (SSSR count). The molecule has 0 radical (unpaired) electrons. The summed E-state index contributed by atoms with van der Waals surface area (Å²) in [6.07, 6.45) is 2.02. The monoisotopic (exact) mass is 639 g/mol. The number of benzene rings is 7. The molecule has 0 bridgehead atoms. The van der Waals surface area contributed by atoms with Crippen LogP contribution >= 0.6 is 0 Å². The molecule has 0 N–H and O–H groups in total. The summed E-state index contributed by atoms with van der Waals surface area (Å²) in [5.41, 5.74) is 15.1. The van der Waals surface area contributed by atoms with Crippen LogP contribution < -0.4 is 0 Å². The van der Waals surface area contributed by atoms with E-state index in [1.807, 2.05) is 12.3 Å². The normalized spacial score (nSPS) is 13.2. The second-order valence-electron chi connectivity index (χ2n) is 13.9. The minimum Gasteiger partial charge on any atom is -0.306 e. The standard InChI is InChI=1S/C47H33N3/c1-47(2)40-16-10-9-15-38(40)39-25-26-41-43(44(39)47)45-42(29-48-46(49-45)33-19-17-32(18-20-33)30-11-5-3-6-12-30)50(41)37-24-23-35-27-34(21-22-36(35)28-37)31-13-7-4-8-14-31/h3-29H,1-2H3. The number of aromatic nitrogens is 3. The summed E-state index contributed by atoms with van der Waals surface area (Å²) in [4.78, 5) is 10.4. The van der Waals surface area contributed by atoms with Gasteiger partial charge in [-0.2, -0.15) is 0 Å². The number of hydrogen-bond acceptors (Lipinski definition) is 2. The molecule has 3 heteroatoms. The van der Waals surface area contributed by atoms with Gasteiger partial charge in [0.1, 0.15) is 5.52 Å². The molecule has 0 fully saturated rings. The Hall–Kier alpha value is -6.32. The molecule has 236 valence electrons. The van der Waals surface area contributed by atoms with Crippen molar-refractivity contribution in [1.82, 2.24) is 14.5 Å². The minimum atomic E-state index is -0.190. The average Bonchev–Trinajstić information content (AvgIpc) is 3.63. The molecular formula is C47H33N3. The molecule has 0 spiro atoms. The van der Waals surface area contributed by atoms with Gasteiger partial charge in [0, 0.05) is 22.1 Å². The molecule has 0 atom stereocenters. The molecule has 9 aromatic rings. The Morgan fingerprint density at radius 2 is 1.12 bits per heavy atom. The van der Waals surface area contributed by atoms with E-state index in [2.05, 4.69) is 170 Å². The minimum absolute atomic E-state index is 0.190. The molecule has 1 aliphatic carbocycles. The summed E-state index contributed by atoms with van der Waals surface area (Å²) >= 11 is 0. The van der Waals surface area contributed by atoms with Gasteiger partial charge in [-0.1, -0.05) is 147 Å². The topological polar surface area (TPSA) is 30.7 Å². The van der Waals surface area contributed by atoms with E-state index >= 15 is 0 Å². The Labute approximate surface area is 291 Å². The fourth-order valence-corrected chi connectivity index (χ4v) is 8.18. The first-order chi connectivity index (χ1) is 24.5. The second-order valence-corrected chi connectivity index (χ2v) is 13.9. The lowest BCUT2D eigenvalue weighted by atomic mass is 9.81. The van der Waals surface area contributed by atoms with Crippen molar-refractivity contribution in [2.75, 3.05) is 0 Å². The van der Waals surface area contributed by atoms with E-state index in [-0.39, 0.29) is 5.41 Å². The number of fused-ring (bicyclic) bond motifs is 8. The third-order valence-electron chi connectivity index (χ3n) is 10.6. The predicted molar refractivity (Wildman–Crippen MR) is 208 cm³/mol. The van der Waals surface area contributed by atoms with Crippen LogP contribution in [-0.2, 0) is 5.41 Å². The van der Waals surface area contributed by atoms with Gasteiger partial charge in [-0.3, -0.25) is 0 Å². The van der Waals surface area contributed by atoms with Crippen LogP contribution in [0.5, 0.6) is 0 Å². The average molecular weight is 640 g/mol. The molecule has 0 saturated carbocycles. The third kappa shape index (κ3) is 4.30. The Bertz CT molecular complexity index is 2760. The lowest BCUT2D eigenvalue weighted by molar-refractivity contribution is 0.666. The molecule has 50 heavy (non-hydrogen) atoms. The summed E-state index contributed by atoms with van der Waals surface area (Å²) in [5, 5.41) is 3.61. The molecule has 0 aliphatic heterocycles. The molecule has 2 aromatic heterocycles. The Kier molecular flexibility index (Phi) is 6.22. The first kappa shape index (κ1) is 28.7. The SMILES string of the molecule is CC1(C)c2ccccc2-c2ccc3c(c21)c1nc(-c2ccc(-c4ccccc4)cc2)ncc1n3-c1ccc2cc(-c3ccccc3)ccc2c1. The highest BCUT2D eigenvalue weighted by Gasteiger charge is 2.38. The van der Waals surface area contributed by atoms with Crippen molar-refractivity contribution in [2.45, 2.75) is 19.3 Å². The smallest absolute Gasteiger partial charge is 0.159 e. The maximum absolute atomic E-state index is 5.40. The van der Waals surface area contributed by atoms with Crippen LogP contribution in [0.4, 0.5) is 0 Å². The number of nitrogens with zero attached hydrogens (tertiary/aromatic N) is 3. The van der Waals surface area contributed by atoms with Crippen molar-refractivity contribution in [3.63, 3.8) is 0 Å². The quantitative estimate of drug-likeness (QED) is 0.192. The van der Waals surface area contributed by atoms with Crippen molar-refractivity contribution in [3.8, 4) is 50.5 Å². The maximum atomic E-state index is 5.40. The van der Waals surface area contributed by atoms with Gasteiger partial charge in [-0.05, 0) is 79.5 Å². The van der Waals surface area contributed by atoms with Gasteiger partial charge in [0.25, 0.3) is 0 Å². The molecule has 0 saturated heterocycles. The van der Waals surface area contributed by atoms with E-state index in [1.54, 1.807) is 0 Å². The molecule has 0 amide bonds. The molecule has 7 aromatic carbocycles. The van der Waals surface area contributed by atoms with Crippen LogP contribution in [0.15, 0.2) is 164 Å². The maximum Gasteiger partial charge on any atom is 0.159 e. The predicted octanol–water partition coefficient (Wildman–Crippen LogP) is 12.0. The Balaban J connectivity index is 1.19. The van der Waals surface area contributed by atoms with Crippen molar-refractivity contribution < 1.29 is 0 Å². The molecule has 2 heterocycles. The van der Waals surface area contributed by atoms with Crippen LogP contribution in [0.1, 0.15) is 25.0 Å². The zero-order valence-electron chi connectivity index (χ0n) is 27.9. The lowest BCUT2D eigenvalue weighted by Crippen LogP contribution is -2.15. The lowest BCUT2D eigenvalue weighted by Gasteiger charge is -2.22. The molecule has 0 unspecified atom stereocenters. The van der Waals surface area contributed by atoms with Crippen molar-refractivity contribution in [2.24, 2.45) is 0 Å². The summed E-state index contributed by atoms with van der Waals surface area (Å²) in [5.74, 6) is 0.731. The third-order valence-corrected chi connectivity index (χ3v) is 10.6. The van der Waals surface area contributed by atoms with E-state index < -0.39 is 0 Å². The first-order valence-corrected chi connectivity index (χ1v) is 17.2. The van der Waals surface area contributed by atoms with E-state index in [4.69, 9.17) is 9.97 Å². The van der Waals surface area contributed by atoms with Gasteiger partial charge < -0.3 is 4.57 Å². The first-order valence-electron chi connectivity index (χ1n) is 17.2. The zero-order chi connectivity index (χ0) is 33.4. The van der Waals surface area contributed by atoms with E-state index in [0.717, 1.165) is 33.6 Å². The van der Waals surface area contributed by atoms with Crippen LogP contribution in [0.25, 0.3) is 83.2 Å².